The van der Waals surface area contributed by atoms with Gasteiger partial charge in [0.15, 0.2) is 0 Å². The summed E-state index contributed by atoms with van der Waals surface area (Å²) in [7, 11) is -2.65. The predicted octanol–water partition coefficient (Wildman–Crippen LogP) is 5.45. The lowest BCUT2D eigenvalue weighted by molar-refractivity contribution is -0.139. The number of sulfonamides is 1. The number of methoxy groups -OCH3 is 1. The summed E-state index contributed by atoms with van der Waals surface area (Å²) in [6.07, 6.45) is 0.727. The number of nitrogens with zero attached hydrogens (tertiary/aromatic N) is 2. The maximum atomic E-state index is 13.9. The number of ether oxygens (including phenoxy) is 1. The van der Waals surface area contributed by atoms with E-state index in [1.165, 1.54) is 35.2 Å². The molecule has 214 valence electrons. The highest BCUT2D eigenvalue weighted by molar-refractivity contribution is 7.92. The van der Waals surface area contributed by atoms with E-state index in [0.29, 0.717) is 12.3 Å². The van der Waals surface area contributed by atoms with Gasteiger partial charge in [-0.25, -0.2) is 8.42 Å². The fraction of sp³-hybridized carbons (Fsp3) is 0.310. The third kappa shape index (κ3) is 7.68. The number of amides is 2. The van der Waals surface area contributed by atoms with Crippen LogP contribution in [0.4, 0.5) is 5.69 Å². The minimum absolute atomic E-state index is 0.00686. The Bertz CT molecular complexity index is 1430. The summed E-state index contributed by atoms with van der Waals surface area (Å²) < 4.78 is 33.9. The molecule has 0 fully saturated rings. The van der Waals surface area contributed by atoms with Crippen molar-refractivity contribution in [1.82, 2.24) is 10.2 Å². The molecule has 0 heterocycles. The molecule has 0 radical (unpaired) electrons. The number of carbonyl (C=O) groups excluding carboxylic acids is 2. The van der Waals surface area contributed by atoms with Crippen molar-refractivity contribution >= 4 is 50.7 Å². The molecule has 8 nitrogen and oxygen atoms in total. The van der Waals surface area contributed by atoms with Gasteiger partial charge < -0.3 is 15.0 Å². The third-order valence-corrected chi connectivity index (χ3v) is 8.83. The Labute approximate surface area is 245 Å². The van der Waals surface area contributed by atoms with Gasteiger partial charge in [-0.05, 0) is 68.3 Å². The van der Waals surface area contributed by atoms with Crippen LogP contribution in [0.3, 0.4) is 0 Å². The van der Waals surface area contributed by atoms with Crippen molar-refractivity contribution in [2.45, 2.75) is 44.7 Å². The van der Waals surface area contributed by atoms with Gasteiger partial charge >= 0.3 is 0 Å². The number of benzene rings is 3. The van der Waals surface area contributed by atoms with E-state index >= 15 is 0 Å². The van der Waals surface area contributed by atoms with Gasteiger partial charge in [-0.15, -0.1) is 0 Å². The summed E-state index contributed by atoms with van der Waals surface area (Å²) in [5.41, 5.74) is 1.79. The standard InChI is InChI=1S/C29H33Cl2N3O5S/c1-5-16-32-29(36)21(3)33(18-22-8-11-24(39-4)12-9-22)28(35)19-34(23-10-15-26(30)27(31)17-23)40(37,38)25-13-6-20(2)7-14-25/h6-15,17,21H,5,16,18-19H2,1-4H3,(H,32,36)/t21-/m0/s1. The number of rotatable bonds is 12. The molecule has 3 rings (SSSR count). The molecule has 3 aromatic rings. The molecule has 2 amide bonds. The van der Waals surface area contributed by atoms with Gasteiger partial charge in [-0.3, -0.25) is 13.9 Å². The molecule has 0 aliphatic carbocycles. The van der Waals surface area contributed by atoms with Crippen molar-refractivity contribution in [1.29, 1.82) is 0 Å². The zero-order chi connectivity index (χ0) is 29.4. The van der Waals surface area contributed by atoms with E-state index in [9.17, 15) is 18.0 Å². The molecule has 0 spiro atoms. The fourth-order valence-corrected chi connectivity index (χ4v) is 5.61. The van der Waals surface area contributed by atoms with E-state index in [1.54, 1.807) is 50.4 Å². The smallest absolute Gasteiger partial charge is 0.264 e. The zero-order valence-corrected chi connectivity index (χ0v) is 25.2. The molecule has 0 saturated carbocycles. The van der Waals surface area contributed by atoms with Crippen LogP contribution < -0.4 is 14.4 Å². The molecule has 3 aromatic carbocycles. The summed E-state index contributed by atoms with van der Waals surface area (Å²) in [5.74, 6) is -0.270. The van der Waals surface area contributed by atoms with Crippen molar-refractivity contribution in [2.24, 2.45) is 0 Å². The summed E-state index contributed by atoms with van der Waals surface area (Å²) in [5, 5.41) is 3.19. The van der Waals surface area contributed by atoms with Gasteiger partial charge in [0.2, 0.25) is 11.8 Å². The van der Waals surface area contributed by atoms with E-state index in [1.807, 2.05) is 13.8 Å². The Morgan fingerprint density at radius 3 is 2.20 bits per heavy atom. The monoisotopic (exact) mass is 605 g/mol. The van der Waals surface area contributed by atoms with Crippen LogP contribution in [0.15, 0.2) is 71.6 Å². The lowest BCUT2D eigenvalue weighted by Crippen LogP contribution is -2.51. The number of hydrogen-bond acceptors (Lipinski definition) is 5. The third-order valence-electron chi connectivity index (χ3n) is 6.31. The average molecular weight is 607 g/mol. The first-order chi connectivity index (χ1) is 19.0. The molecule has 0 aliphatic heterocycles. The van der Waals surface area contributed by atoms with Crippen molar-refractivity contribution < 1.29 is 22.7 Å². The maximum Gasteiger partial charge on any atom is 0.264 e. The lowest BCUT2D eigenvalue weighted by atomic mass is 10.1. The van der Waals surface area contributed by atoms with Crippen molar-refractivity contribution in [3.8, 4) is 5.75 Å². The predicted molar refractivity (Wildman–Crippen MR) is 158 cm³/mol. The molecule has 0 bridgehead atoms. The van der Waals surface area contributed by atoms with E-state index in [2.05, 4.69) is 5.32 Å². The summed E-state index contributed by atoms with van der Waals surface area (Å²) in [6, 6.07) is 16.9. The summed E-state index contributed by atoms with van der Waals surface area (Å²) >= 11 is 12.3. The van der Waals surface area contributed by atoms with E-state index in [0.717, 1.165) is 21.9 Å². The summed E-state index contributed by atoms with van der Waals surface area (Å²) in [6.45, 7) is 5.34. The number of anilines is 1. The Hall–Kier alpha value is -3.27. The zero-order valence-electron chi connectivity index (χ0n) is 22.9. The second-order valence-corrected chi connectivity index (χ2v) is 11.9. The first kappa shape index (κ1) is 31.3. The van der Waals surface area contributed by atoms with Crippen molar-refractivity contribution in [3.05, 3.63) is 87.9 Å². The van der Waals surface area contributed by atoms with Crippen LogP contribution in [0.2, 0.25) is 10.0 Å². The number of carbonyl (C=O) groups is 2. The van der Waals surface area contributed by atoms with Crippen LogP contribution in [0.5, 0.6) is 5.75 Å². The van der Waals surface area contributed by atoms with Crippen molar-refractivity contribution in [3.63, 3.8) is 0 Å². The molecular formula is C29H33Cl2N3O5S. The van der Waals surface area contributed by atoms with Crippen molar-refractivity contribution in [2.75, 3.05) is 24.5 Å². The normalized spacial score (nSPS) is 11.9. The van der Waals surface area contributed by atoms with Crippen LogP contribution in [0, 0.1) is 6.92 Å². The molecule has 11 heteroatoms. The Balaban J connectivity index is 2.03. The topological polar surface area (TPSA) is 96.0 Å². The number of hydrogen-bond donors (Lipinski definition) is 1. The molecule has 40 heavy (non-hydrogen) atoms. The van der Waals surface area contributed by atoms with Gasteiger partial charge in [0.1, 0.15) is 18.3 Å². The molecule has 0 unspecified atom stereocenters. The molecular weight excluding hydrogens is 573 g/mol. The number of halogens is 2. The van der Waals surface area contributed by atoms with Gasteiger partial charge in [0, 0.05) is 13.1 Å². The Morgan fingerprint density at radius 2 is 1.62 bits per heavy atom. The van der Waals surface area contributed by atoms with E-state index in [-0.39, 0.29) is 33.1 Å². The maximum absolute atomic E-state index is 13.9. The first-order valence-corrected chi connectivity index (χ1v) is 14.9. The molecule has 1 atom stereocenters. The van der Waals surface area contributed by atoms with Gasteiger partial charge in [-0.1, -0.05) is 60.0 Å². The minimum Gasteiger partial charge on any atom is -0.497 e. The second-order valence-electron chi connectivity index (χ2n) is 9.26. The van der Waals surface area contributed by atoms with Crippen LogP contribution in [0.1, 0.15) is 31.4 Å². The fourth-order valence-electron chi connectivity index (χ4n) is 3.91. The van der Waals surface area contributed by atoms with Crippen LogP contribution >= 0.6 is 23.2 Å². The Morgan fingerprint density at radius 1 is 0.975 bits per heavy atom. The highest BCUT2D eigenvalue weighted by Crippen LogP contribution is 2.31. The van der Waals surface area contributed by atoms with Gasteiger partial charge in [0.05, 0.1) is 27.7 Å². The van der Waals surface area contributed by atoms with E-state index < -0.39 is 28.5 Å². The van der Waals surface area contributed by atoms with Crippen LogP contribution in [-0.4, -0.2) is 51.4 Å². The average Bonchev–Trinajstić information content (AvgIpc) is 2.94. The van der Waals surface area contributed by atoms with Gasteiger partial charge in [0.25, 0.3) is 10.0 Å². The molecule has 0 aliphatic rings. The van der Waals surface area contributed by atoms with E-state index in [4.69, 9.17) is 27.9 Å². The van der Waals surface area contributed by atoms with Crippen LogP contribution in [0.25, 0.3) is 0 Å². The SMILES string of the molecule is CCCNC(=O)[C@H](C)N(Cc1ccc(OC)cc1)C(=O)CN(c1ccc(Cl)c(Cl)c1)S(=O)(=O)c1ccc(C)cc1. The quantitative estimate of drug-likeness (QED) is 0.296. The molecule has 1 N–H and O–H groups in total. The summed E-state index contributed by atoms with van der Waals surface area (Å²) in [4.78, 5) is 28.2. The van der Waals surface area contributed by atoms with Crippen LogP contribution in [-0.2, 0) is 26.2 Å². The largest absolute Gasteiger partial charge is 0.497 e. The number of nitrogens with one attached hydrogen (secondary N) is 1. The Kier molecular flexibility index (Phi) is 10.8. The minimum atomic E-state index is -4.20. The van der Waals surface area contributed by atoms with Gasteiger partial charge in [-0.2, -0.15) is 0 Å². The highest BCUT2D eigenvalue weighted by atomic mass is 35.5. The second kappa shape index (κ2) is 13.9. The number of aryl methyl sites for hydroxylation is 1. The first-order valence-electron chi connectivity index (χ1n) is 12.7. The lowest BCUT2D eigenvalue weighted by Gasteiger charge is -2.32. The highest BCUT2D eigenvalue weighted by Gasteiger charge is 2.32. The molecule has 0 aromatic heterocycles. The molecule has 0 saturated heterocycles.